The Kier molecular flexibility index (Phi) is 4.21. The number of halogens is 3. The van der Waals surface area contributed by atoms with Crippen LogP contribution in [0.2, 0.25) is 0 Å². The minimum Gasteiger partial charge on any atom is -0.333 e. The first-order valence-corrected chi connectivity index (χ1v) is 5.70. The van der Waals surface area contributed by atoms with Crippen molar-refractivity contribution in [2.45, 2.75) is 39.3 Å². The fourth-order valence-corrected chi connectivity index (χ4v) is 1.73. The molecule has 0 aromatic carbocycles. The van der Waals surface area contributed by atoms with Crippen molar-refractivity contribution in [3.63, 3.8) is 0 Å². The van der Waals surface area contributed by atoms with Gasteiger partial charge in [-0.1, -0.05) is 20.3 Å². The molecule has 0 aromatic heterocycles. The Bertz CT molecular complexity index is 252. The highest BCUT2D eigenvalue weighted by Gasteiger charge is 2.43. The zero-order valence-electron chi connectivity index (χ0n) is 9.68. The summed E-state index contributed by atoms with van der Waals surface area (Å²) >= 11 is 0. The van der Waals surface area contributed by atoms with Gasteiger partial charge in [0.25, 0.3) is 0 Å². The molecule has 1 rings (SSSR count). The van der Waals surface area contributed by atoms with Crippen molar-refractivity contribution in [1.29, 1.82) is 0 Å². The molecule has 2 atom stereocenters. The van der Waals surface area contributed by atoms with Gasteiger partial charge in [0, 0.05) is 12.5 Å². The van der Waals surface area contributed by atoms with Crippen LogP contribution in [0, 0.1) is 11.8 Å². The van der Waals surface area contributed by atoms with Crippen molar-refractivity contribution in [2.75, 3.05) is 13.1 Å². The summed E-state index contributed by atoms with van der Waals surface area (Å²) in [4.78, 5) is 12.7. The fraction of sp³-hybridized carbons (Fsp3) is 0.909. The van der Waals surface area contributed by atoms with Gasteiger partial charge in [-0.15, -0.1) is 0 Å². The molecule has 1 amide bonds. The summed E-state index contributed by atoms with van der Waals surface area (Å²) in [6, 6.07) is 0. The van der Waals surface area contributed by atoms with Crippen LogP contribution in [0.4, 0.5) is 13.2 Å². The first kappa shape index (κ1) is 13.3. The molecule has 0 heterocycles. The Labute approximate surface area is 93.8 Å². The maximum Gasteiger partial charge on any atom is 0.406 e. The largest absolute Gasteiger partial charge is 0.406 e. The number of alkyl halides is 3. The molecule has 2 unspecified atom stereocenters. The van der Waals surface area contributed by atoms with Crippen LogP contribution in [0.3, 0.4) is 0 Å². The average molecular weight is 237 g/mol. The van der Waals surface area contributed by atoms with Gasteiger partial charge in [0.2, 0.25) is 5.91 Å². The molecule has 0 saturated heterocycles. The van der Waals surface area contributed by atoms with E-state index in [1.54, 1.807) is 0 Å². The van der Waals surface area contributed by atoms with Gasteiger partial charge in [0.1, 0.15) is 6.54 Å². The van der Waals surface area contributed by atoms with E-state index >= 15 is 0 Å². The molecule has 2 nitrogen and oxygen atoms in total. The maximum atomic E-state index is 12.3. The molecular weight excluding hydrogens is 219 g/mol. The highest BCUT2D eigenvalue weighted by molar-refractivity contribution is 5.81. The van der Waals surface area contributed by atoms with E-state index in [2.05, 4.69) is 0 Å². The van der Waals surface area contributed by atoms with Gasteiger partial charge < -0.3 is 4.90 Å². The van der Waals surface area contributed by atoms with Crippen molar-refractivity contribution in [3.05, 3.63) is 0 Å². The monoisotopic (exact) mass is 237 g/mol. The summed E-state index contributed by atoms with van der Waals surface area (Å²) in [7, 11) is 0. The molecular formula is C11H18F3NO. The van der Waals surface area contributed by atoms with E-state index in [0.717, 1.165) is 17.7 Å². The highest BCUT2D eigenvalue weighted by atomic mass is 19.4. The van der Waals surface area contributed by atoms with E-state index in [4.69, 9.17) is 0 Å². The molecule has 0 spiro atoms. The summed E-state index contributed by atoms with van der Waals surface area (Å²) < 4.78 is 36.8. The Morgan fingerprint density at radius 3 is 2.38 bits per heavy atom. The first-order valence-electron chi connectivity index (χ1n) is 5.70. The molecule has 1 fully saturated rings. The molecule has 1 saturated carbocycles. The van der Waals surface area contributed by atoms with E-state index < -0.39 is 12.7 Å². The Hall–Kier alpha value is -0.740. The number of nitrogens with zero attached hydrogens (tertiary/aromatic N) is 1. The standard InChI is InChI=1S/C11H18F3NO/c1-3-4-5-15(7-11(12,13)14)10(16)9-6-8(9)2/h8-9H,3-7H2,1-2H3. The summed E-state index contributed by atoms with van der Waals surface area (Å²) in [6.45, 7) is 2.91. The van der Waals surface area contributed by atoms with Crippen LogP contribution < -0.4 is 0 Å². The molecule has 0 aliphatic heterocycles. The quantitative estimate of drug-likeness (QED) is 0.720. The predicted octanol–water partition coefficient (Wildman–Crippen LogP) is 2.83. The maximum absolute atomic E-state index is 12.3. The number of unbranched alkanes of at least 4 members (excludes halogenated alkanes) is 1. The molecule has 16 heavy (non-hydrogen) atoms. The van der Waals surface area contributed by atoms with Crippen molar-refractivity contribution in [1.82, 2.24) is 4.90 Å². The van der Waals surface area contributed by atoms with Crippen LogP contribution in [0.1, 0.15) is 33.1 Å². The summed E-state index contributed by atoms with van der Waals surface area (Å²) in [6.07, 6.45) is -2.13. The fourth-order valence-electron chi connectivity index (χ4n) is 1.73. The van der Waals surface area contributed by atoms with Gasteiger partial charge in [0.05, 0.1) is 0 Å². The van der Waals surface area contributed by atoms with Crippen molar-refractivity contribution < 1.29 is 18.0 Å². The average Bonchev–Trinajstić information content (AvgIpc) is 2.87. The second kappa shape index (κ2) is 5.06. The van der Waals surface area contributed by atoms with Gasteiger partial charge in [-0.05, 0) is 18.8 Å². The van der Waals surface area contributed by atoms with Gasteiger partial charge in [-0.25, -0.2) is 0 Å². The van der Waals surface area contributed by atoms with Crippen LogP contribution in [0.25, 0.3) is 0 Å². The number of rotatable bonds is 5. The normalized spacial score (nSPS) is 24.3. The van der Waals surface area contributed by atoms with Gasteiger partial charge in [0.15, 0.2) is 0 Å². The number of hydrogen-bond acceptors (Lipinski definition) is 1. The smallest absolute Gasteiger partial charge is 0.333 e. The zero-order chi connectivity index (χ0) is 12.3. The molecule has 94 valence electrons. The van der Waals surface area contributed by atoms with Crippen LogP contribution >= 0.6 is 0 Å². The minimum atomic E-state index is -4.29. The van der Waals surface area contributed by atoms with Gasteiger partial charge in [-0.3, -0.25) is 4.79 Å². The lowest BCUT2D eigenvalue weighted by Crippen LogP contribution is -2.40. The molecule has 0 aromatic rings. The SMILES string of the molecule is CCCCN(CC(F)(F)F)C(=O)C1CC1C. The highest BCUT2D eigenvalue weighted by Crippen LogP contribution is 2.39. The Morgan fingerprint density at radius 1 is 1.44 bits per heavy atom. The van der Waals surface area contributed by atoms with Crippen LogP contribution in [-0.4, -0.2) is 30.1 Å². The van der Waals surface area contributed by atoms with Crippen molar-refractivity contribution in [3.8, 4) is 0 Å². The van der Waals surface area contributed by atoms with E-state index in [1.807, 2.05) is 13.8 Å². The lowest BCUT2D eigenvalue weighted by Gasteiger charge is -2.24. The molecule has 0 radical (unpaired) electrons. The molecule has 1 aliphatic carbocycles. The van der Waals surface area contributed by atoms with Crippen LogP contribution in [0.15, 0.2) is 0 Å². The molecule has 0 N–H and O–H groups in total. The van der Waals surface area contributed by atoms with Gasteiger partial charge in [-0.2, -0.15) is 13.2 Å². The third-order valence-corrected chi connectivity index (χ3v) is 2.89. The molecule has 0 bridgehead atoms. The molecule has 5 heteroatoms. The molecule has 1 aliphatic rings. The second-order valence-electron chi connectivity index (χ2n) is 4.55. The van der Waals surface area contributed by atoms with E-state index in [0.29, 0.717) is 6.42 Å². The summed E-state index contributed by atoms with van der Waals surface area (Å²) in [5, 5.41) is 0. The number of amides is 1. The van der Waals surface area contributed by atoms with Crippen LogP contribution in [-0.2, 0) is 4.79 Å². The van der Waals surface area contributed by atoms with E-state index in [9.17, 15) is 18.0 Å². The minimum absolute atomic E-state index is 0.167. The number of carbonyl (C=O) groups excluding carboxylic acids is 1. The number of carbonyl (C=O) groups is 1. The topological polar surface area (TPSA) is 20.3 Å². The summed E-state index contributed by atoms with van der Waals surface area (Å²) in [5.41, 5.74) is 0. The summed E-state index contributed by atoms with van der Waals surface area (Å²) in [5.74, 6) is -0.234. The van der Waals surface area contributed by atoms with Crippen molar-refractivity contribution >= 4 is 5.91 Å². The first-order chi connectivity index (χ1) is 7.35. The van der Waals surface area contributed by atoms with Gasteiger partial charge >= 0.3 is 6.18 Å². The second-order valence-corrected chi connectivity index (χ2v) is 4.55. The lowest BCUT2D eigenvalue weighted by molar-refractivity contribution is -0.162. The number of hydrogen-bond donors (Lipinski definition) is 0. The lowest BCUT2D eigenvalue weighted by atomic mass is 10.2. The van der Waals surface area contributed by atoms with E-state index in [1.165, 1.54) is 0 Å². The third-order valence-electron chi connectivity index (χ3n) is 2.89. The van der Waals surface area contributed by atoms with Crippen molar-refractivity contribution in [2.24, 2.45) is 11.8 Å². The van der Waals surface area contributed by atoms with Crippen LogP contribution in [0.5, 0.6) is 0 Å². The Morgan fingerprint density at radius 2 is 2.00 bits per heavy atom. The third kappa shape index (κ3) is 4.02. The predicted molar refractivity (Wildman–Crippen MR) is 54.8 cm³/mol. The Balaban J connectivity index is 2.52. The zero-order valence-corrected chi connectivity index (χ0v) is 9.68. The van der Waals surface area contributed by atoms with E-state index in [-0.39, 0.29) is 24.3 Å².